The predicted octanol–water partition coefficient (Wildman–Crippen LogP) is 3.28. The predicted molar refractivity (Wildman–Crippen MR) is 106 cm³/mol. The summed E-state index contributed by atoms with van der Waals surface area (Å²) < 4.78 is 0.586. The molecule has 0 radical (unpaired) electrons. The first kappa shape index (κ1) is 18.1. The lowest BCUT2D eigenvalue weighted by Crippen LogP contribution is -2.54. The Morgan fingerprint density at radius 1 is 1.12 bits per heavy atom. The molecule has 6 nitrogen and oxygen atoms in total. The van der Waals surface area contributed by atoms with E-state index in [1.54, 1.807) is 24.3 Å². The molecule has 1 fully saturated rings. The molecule has 0 spiro atoms. The van der Waals surface area contributed by atoms with Crippen molar-refractivity contribution in [2.45, 2.75) is 13.8 Å². The molecular weight excluding hydrogens is 447 g/mol. The number of barbiturate groups is 1. The van der Waals surface area contributed by atoms with Crippen molar-refractivity contribution in [3.63, 3.8) is 0 Å². The number of benzene rings is 2. The minimum Gasteiger partial charge on any atom is -0.507 e. The van der Waals surface area contributed by atoms with Crippen LogP contribution in [0.25, 0.3) is 6.08 Å². The van der Waals surface area contributed by atoms with E-state index in [0.717, 1.165) is 16.0 Å². The Balaban J connectivity index is 2.07. The molecule has 1 aliphatic rings. The summed E-state index contributed by atoms with van der Waals surface area (Å²) in [5, 5.41) is 11.8. The van der Waals surface area contributed by atoms with Crippen LogP contribution >= 0.6 is 22.6 Å². The van der Waals surface area contributed by atoms with Crippen molar-refractivity contribution >= 4 is 52.2 Å². The van der Waals surface area contributed by atoms with Crippen molar-refractivity contribution in [2.24, 2.45) is 0 Å². The molecule has 2 aromatic rings. The van der Waals surface area contributed by atoms with Crippen molar-refractivity contribution in [1.82, 2.24) is 5.32 Å². The molecule has 1 heterocycles. The van der Waals surface area contributed by atoms with Crippen LogP contribution in [0.1, 0.15) is 16.7 Å². The van der Waals surface area contributed by atoms with Gasteiger partial charge in [-0.25, -0.2) is 9.69 Å². The highest BCUT2D eigenvalue weighted by molar-refractivity contribution is 14.1. The number of amides is 4. The normalized spacial score (nSPS) is 16.2. The van der Waals surface area contributed by atoms with Gasteiger partial charge >= 0.3 is 6.03 Å². The van der Waals surface area contributed by atoms with E-state index in [0.29, 0.717) is 14.8 Å². The number of nitrogens with zero attached hydrogens (tertiary/aromatic N) is 1. The fourth-order valence-electron chi connectivity index (χ4n) is 2.63. The molecule has 0 bridgehead atoms. The highest BCUT2D eigenvalue weighted by atomic mass is 127. The maximum absolute atomic E-state index is 12.9. The molecule has 3 rings (SSSR count). The highest BCUT2D eigenvalue weighted by Gasteiger charge is 2.37. The van der Waals surface area contributed by atoms with Crippen LogP contribution < -0.4 is 10.2 Å². The molecule has 4 amide bonds. The van der Waals surface area contributed by atoms with Crippen molar-refractivity contribution in [3.05, 3.63) is 62.2 Å². The molecule has 1 saturated heterocycles. The van der Waals surface area contributed by atoms with Gasteiger partial charge in [-0.1, -0.05) is 18.2 Å². The van der Waals surface area contributed by atoms with Crippen molar-refractivity contribution < 1.29 is 19.5 Å². The number of carbonyl (C=O) groups excluding carboxylic acids is 3. The second-order valence-electron chi connectivity index (χ2n) is 5.89. The van der Waals surface area contributed by atoms with Crippen molar-refractivity contribution in [3.8, 4) is 5.75 Å². The maximum atomic E-state index is 12.9. The molecule has 2 aromatic carbocycles. The van der Waals surface area contributed by atoms with Crippen LogP contribution in [0.2, 0.25) is 0 Å². The fourth-order valence-corrected chi connectivity index (χ4v) is 3.17. The van der Waals surface area contributed by atoms with Gasteiger partial charge in [-0.2, -0.15) is 0 Å². The largest absolute Gasteiger partial charge is 0.507 e. The minimum atomic E-state index is -0.772. The SMILES string of the molecule is Cc1cccc(N2C(=O)NC(=O)/C(=C\c3ccc(O)c(I)c3)C2=O)c1C. The van der Waals surface area contributed by atoms with E-state index in [2.05, 4.69) is 5.32 Å². The first-order valence-electron chi connectivity index (χ1n) is 7.76. The van der Waals surface area contributed by atoms with E-state index >= 15 is 0 Å². The van der Waals surface area contributed by atoms with Crippen LogP contribution in [0.5, 0.6) is 5.75 Å². The Kier molecular flexibility index (Phi) is 4.82. The van der Waals surface area contributed by atoms with E-state index in [-0.39, 0.29) is 11.3 Å². The number of nitrogens with one attached hydrogen (secondary N) is 1. The van der Waals surface area contributed by atoms with E-state index in [9.17, 15) is 19.5 Å². The summed E-state index contributed by atoms with van der Waals surface area (Å²) in [5.74, 6) is -1.32. The molecule has 132 valence electrons. The average Bonchev–Trinajstić information content (AvgIpc) is 2.58. The zero-order valence-electron chi connectivity index (χ0n) is 14.0. The van der Waals surface area contributed by atoms with Gasteiger partial charge < -0.3 is 5.11 Å². The topological polar surface area (TPSA) is 86.7 Å². The minimum absolute atomic E-state index is 0.111. The Hall–Kier alpha value is -2.68. The van der Waals surface area contributed by atoms with Crippen LogP contribution in [0.4, 0.5) is 10.5 Å². The van der Waals surface area contributed by atoms with Gasteiger partial charge in [-0.15, -0.1) is 0 Å². The zero-order valence-corrected chi connectivity index (χ0v) is 16.2. The third-order valence-corrected chi connectivity index (χ3v) is 5.07. The lowest BCUT2D eigenvalue weighted by Gasteiger charge is -2.28. The number of imide groups is 2. The monoisotopic (exact) mass is 462 g/mol. The van der Waals surface area contributed by atoms with Gasteiger partial charge in [-0.05, 0) is 77.4 Å². The molecule has 1 aliphatic heterocycles. The molecule has 0 saturated carbocycles. The van der Waals surface area contributed by atoms with E-state index < -0.39 is 17.8 Å². The van der Waals surface area contributed by atoms with Gasteiger partial charge in [0.2, 0.25) is 0 Å². The number of aromatic hydroxyl groups is 1. The standard InChI is InChI=1S/C19H15IN2O4/c1-10-4-3-5-15(11(10)2)22-18(25)13(17(24)21-19(22)26)8-12-6-7-16(23)14(20)9-12/h3-9,23H,1-2H3,(H,21,24,26)/b13-8+. The average molecular weight is 462 g/mol. The number of anilines is 1. The van der Waals surface area contributed by atoms with Crippen LogP contribution in [0, 0.1) is 17.4 Å². The molecule has 0 aromatic heterocycles. The summed E-state index contributed by atoms with van der Waals surface area (Å²) in [5.41, 5.74) is 2.57. The third-order valence-electron chi connectivity index (χ3n) is 4.20. The molecule has 2 N–H and O–H groups in total. The lowest BCUT2D eigenvalue weighted by molar-refractivity contribution is -0.122. The molecule has 0 aliphatic carbocycles. The number of rotatable bonds is 2. The van der Waals surface area contributed by atoms with Gasteiger partial charge in [0.05, 0.1) is 9.26 Å². The number of carbonyl (C=O) groups is 3. The third kappa shape index (κ3) is 3.22. The van der Waals surface area contributed by atoms with Crippen LogP contribution in [0.3, 0.4) is 0 Å². The first-order chi connectivity index (χ1) is 12.3. The maximum Gasteiger partial charge on any atom is 0.335 e. The Bertz CT molecular complexity index is 981. The smallest absolute Gasteiger partial charge is 0.335 e. The van der Waals surface area contributed by atoms with Crippen molar-refractivity contribution in [2.75, 3.05) is 4.90 Å². The van der Waals surface area contributed by atoms with Gasteiger partial charge in [0, 0.05) is 0 Å². The highest BCUT2D eigenvalue weighted by Crippen LogP contribution is 2.27. The van der Waals surface area contributed by atoms with E-state index in [1.807, 2.05) is 42.5 Å². The summed E-state index contributed by atoms with van der Waals surface area (Å²) in [6.07, 6.45) is 1.41. The van der Waals surface area contributed by atoms with Crippen LogP contribution in [-0.2, 0) is 9.59 Å². The number of urea groups is 1. The van der Waals surface area contributed by atoms with Crippen LogP contribution in [-0.4, -0.2) is 23.0 Å². The number of aryl methyl sites for hydroxylation is 1. The number of hydrogen-bond acceptors (Lipinski definition) is 4. The summed E-state index contributed by atoms with van der Waals surface area (Å²) >= 11 is 1.95. The summed E-state index contributed by atoms with van der Waals surface area (Å²) in [7, 11) is 0. The Morgan fingerprint density at radius 2 is 1.85 bits per heavy atom. The van der Waals surface area contributed by atoms with E-state index in [4.69, 9.17) is 0 Å². The summed E-state index contributed by atoms with van der Waals surface area (Å²) in [6.45, 7) is 3.69. The summed E-state index contributed by atoms with van der Waals surface area (Å²) in [4.78, 5) is 38.4. The van der Waals surface area contributed by atoms with Crippen molar-refractivity contribution in [1.29, 1.82) is 0 Å². The number of halogens is 1. The number of phenolic OH excluding ortho intramolecular Hbond substituents is 1. The van der Waals surface area contributed by atoms with Gasteiger partial charge in [-0.3, -0.25) is 14.9 Å². The summed E-state index contributed by atoms with van der Waals surface area (Å²) in [6, 6.07) is 9.23. The quantitative estimate of drug-likeness (QED) is 0.408. The number of phenols is 1. The molecular formula is C19H15IN2O4. The number of hydrogen-bond donors (Lipinski definition) is 2. The zero-order chi connectivity index (χ0) is 19.0. The van der Waals surface area contributed by atoms with Crippen LogP contribution in [0.15, 0.2) is 42.0 Å². The molecule has 26 heavy (non-hydrogen) atoms. The van der Waals surface area contributed by atoms with Gasteiger partial charge in [0.1, 0.15) is 11.3 Å². The first-order valence-corrected chi connectivity index (χ1v) is 8.83. The molecule has 0 unspecified atom stereocenters. The fraction of sp³-hybridized carbons (Fsp3) is 0.105. The Morgan fingerprint density at radius 3 is 2.54 bits per heavy atom. The Labute approximate surface area is 163 Å². The van der Waals surface area contributed by atoms with Gasteiger partial charge in [0.15, 0.2) is 0 Å². The molecule has 0 atom stereocenters. The molecule has 7 heteroatoms. The lowest BCUT2D eigenvalue weighted by atomic mass is 10.0. The van der Waals surface area contributed by atoms with Gasteiger partial charge in [0.25, 0.3) is 11.8 Å². The second-order valence-corrected chi connectivity index (χ2v) is 7.05. The van der Waals surface area contributed by atoms with E-state index in [1.165, 1.54) is 12.1 Å². The second kappa shape index (κ2) is 6.91.